The van der Waals surface area contributed by atoms with Gasteiger partial charge in [0.25, 0.3) is 0 Å². The molecular formula is C12H24O2. The number of hydrogen-bond acceptors (Lipinski definition) is 2. The van der Waals surface area contributed by atoms with Crippen LogP contribution in [0.3, 0.4) is 0 Å². The maximum atomic E-state index is 9.75. The van der Waals surface area contributed by atoms with Gasteiger partial charge < -0.3 is 9.84 Å². The van der Waals surface area contributed by atoms with Gasteiger partial charge in [0.15, 0.2) is 0 Å². The molecule has 0 aliphatic carbocycles. The lowest BCUT2D eigenvalue weighted by Crippen LogP contribution is -2.17. The summed E-state index contributed by atoms with van der Waals surface area (Å²) in [5, 5.41) is 9.75. The van der Waals surface area contributed by atoms with E-state index in [1.807, 2.05) is 0 Å². The van der Waals surface area contributed by atoms with Crippen molar-refractivity contribution in [1.82, 2.24) is 0 Å². The van der Waals surface area contributed by atoms with Gasteiger partial charge in [-0.3, -0.25) is 0 Å². The van der Waals surface area contributed by atoms with Crippen LogP contribution in [-0.2, 0) is 4.74 Å². The molecule has 1 aliphatic rings. The van der Waals surface area contributed by atoms with E-state index >= 15 is 0 Å². The molecule has 1 heterocycles. The van der Waals surface area contributed by atoms with Crippen LogP contribution in [0.2, 0.25) is 0 Å². The van der Waals surface area contributed by atoms with Crippen LogP contribution in [0.15, 0.2) is 0 Å². The van der Waals surface area contributed by atoms with Crippen molar-refractivity contribution in [3.63, 3.8) is 0 Å². The highest BCUT2D eigenvalue weighted by Gasteiger charge is 2.17. The summed E-state index contributed by atoms with van der Waals surface area (Å²) >= 11 is 0. The molecule has 1 saturated heterocycles. The van der Waals surface area contributed by atoms with Crippen LogP contribution in [0, 0.1) is 5.92 Å². The molecule has 0 amide bonds. The Balaban J connectivity index is 2.02. The highest BCUT2D eigenvalue weighted by Crippen LogP contribution is 2.20. The van der Waals surface area contributed by atoms with E-state index in [2.05, 4.69) is 13.8 Å². The first kappa shape index (κ1) is 12.0. The van der Waals surface area contributed by atoms with Crippen LogP contribution in [0.25, 0.3) is 0 Å². The van der Waals surface area contributed by atoms with Gasteiger partial charge in [-0.25, -0.2) is 0 Å². The number of aliphatic hydroxyl groups is 1. The molecule has 3 unspecified atom stereocenters. The third-order valence-corrected chi connectivity index (χ3v) is 3.35. The van der Waals surface area contributed by atoms with Crippen LogP contribution in [0.4, 0.5) is 0 Å². The Bertz CT molecular complexity index is 141. The highest BCUT2D eigenvalue weighted by molar-refractivity contribution is 4.68. The fourth-order valence-corrected chi connectivity index (χ4v) is 1.98. The van der Waals surface area contributed by atoms with E-state index in [9.17, 15) is 5.11 Å². The van der Waals surface area contributed by atoms with Crippen molar-refractivity contribution in [1.29, 1.82) is 0 Å². The van der Waals surface area contributed by atoms with E-state index < -0.39 is 0 Å². The van der Waals surface area contributed by atoms with Crippen LogP contribution in [0.5, 0.6) is 0 Å². The molecule has 84 valence electrons. The van der Waals surface area contributed by atoms with E-state index in [-0.39, 0.29) is 6.10 Å². The molecule has 2 heteroatoms. The van der Waals surface area contributed by atoms with Gasteiger partial charge in [-0.2, -0.15) is 0 Å². The van der Waals surface area contributed by atoms with Crippen LogP contribution in [-0.4, -0.2) is 23.9 Å². The smallest absolute Gasteiger partial charge is 0.0576 e. The van der Waals surface area contributed by atoms with Gasteiger partial charge in [-0.15, -0.1) is 0 Å². The minimum absolute atomic E-state index is 0.110. The highest BCUT2D eigenvalue weighted by atomic mass is 16.5. The Morgan fingerprint density at radius 2 is 2.29 bits per heavy atom. The molecule has 1 aliphatic heterocycles. The zero-order valence-corrected chi connectivity index (χ0v) is 9.54. The summed E-state index contributed by atoms with van der Waals surface area (Å²) in [5.41, 5.74) is 0. The maximum Gasteiger partial charge on any atom is 0.0576 e. The van der Waals surface area contributed by atoms with Crippen molar-refractivity contribution in [2.75, 3.05) is 6.61 Å². The summed E-state index contributed by atoms with van der Waals surface area (Å²) in [6.07, 6.45) is 7.07. The van der Waals surface area contributed by atoms with Crippen LogP contribution >= 0.6 is 0 Å². The lowest BCUT2D eigenvalue weighted by molar-refractivity contribution is 0.0801. The topological polar surface area (TPSA) is 29.5 Å². The van der Waals surface area contributed by atoms with E-state index in [1.54, 1.807) is 0 Å². The summed E-state index contributed by atoms with van der Waals surface area (Å²) in [5.74, 6) is 0.444. The Labute approximate surface area is 87.7 Å². The molecule has 1 rings (SSSR count). The van der Waals surface area contributed by atoms with Gasteiger partial charge in [0.2, 0.25) is 0 Å². The number of aliphatic hydroxyl groups excluding tert-OH is 1. The average Bonchev–Trinajstić information content (AvgIpc) is 2.69. The van der Waals surface area contributed by atoms with E-state index in [1.165, 1.54) is 12.8 Å². The number of hydrogen-bond donors (Lipinski definition) is 1. The van der Waals surface area contributed by atoms with Gasteiger partial charge in [-0.05, 0) is 38.0 Å². The Morgan fingerprint density at radius 1 is 1.50 bits per heavy atom. The fraction of sp³-hybridized carbons (Fsp3) is 1.00. The van der Waals surface area contributed by atoms with Crippen LogP contribution < -0.4 is 0 Å². The lowest BCUT2D eigenvalue weighted by Gasteiger charge is -2.17. The Hall–Kier alpha value is -0.0800. The average molecular weight is 200 g/mol. The summed E-state index contributed by atoms with van der Waals surface area (Å²) in [6, 6.07) is 0. The summed E-state index contributed by atoms with van der Waals surface area (Å²) < 4.78 is 5.54. The molecular weight excluding hydrogens is 176 g/mol. The third kappa shape index (κ3) is 3.97. The lowest BCUT2D eigenvalue weighted by atomic mass is 9.96. The minimum Gasteiger partial charge on any atom is -0.393 e. The third-order valence-electron chi connectivity index (χ3n) is 3.35. The molecule has 0 aromatic rings. The molecule has 0 saturated carbocycles. The second-order valence-corrected chi connectivity index (χ2v) is 4.52. The second kappa shape index (κ2) is 6.41. The minimum atomic E-state index is -0.110. The van der Waals surface area contributed by atoms with Crippen molar-refractivity contribution < 1.29 is 9.84 Å². The number of rotatable bonds is 6. The van der Waals surface area contributed by atoms with Crippen LogP contribution in [0.1, 0.15) is 52.4 Å². The first-order valence-electron chi connectivity index (χ1n) is 6.03. The zero-order chi connectivity index (χ0) is 10.4. The molecule has 1 fully saturated rings. The van der Waals surface area contributed by atoms with E-state index in [0.29, 0.717) is 12.0 Å². The molecule has 0 bridgehead atoms. The first-order valence-corrected chi connectivity index (χ1v) is 6.03. The SMILES string of the molecule is CCC(C)C(O)CCCC1CCCO1. The first-order chi connectivity index (χ1) is 6.74. The van der Waals surface area contributed by atoms with Gasteiger partial charge in [0, 0.05) is 6.61 Å². The number of ether oxygens (including phenoxy) is 1. The predicted octanol–water partition coefficient (Wildman–Crippen LogP) is 2.74. The molecule has 0 aromatic carbocycles. The molecule has 1 N–H and O–H groups in total. The standard InChI is InChI=1S/C12H24O2/c1-3-10(2)12(13)8-4-6-11-7-5-9-14-11/h10-13H,3-9H2,1-2H3. The zero-order valence-electron chi connectivity index (χ0n) is 9.54. The summed E-state index contributed by atoms with van der Waals surface area (Å²) in [4.78, 5) is 0. The molecule has 0 spiro atoms. The maximum absolute atomic E-state index is 9.75. The second-order valence-electron chi connectivity index (χ2n) is 4.52. The Morgan fingerprint density at radius 3 is 2.86 bits per heavy atom. The molecule has 2 nitrogen and oxygen atoms in total. The molecule has 14 heavy (non-hydrogen) atoms. The van der Waals surface area contributed by atoms with E-state index in [4.69, 9.17) is 4.74 Å². The van der Waals surface area contributed by atoms with Gasteiger partial charge >= 0.3 is 0 Å². The summed E-state index contributed by atoms with van der Waals surface area (Å²) in [6.45, 7) is 5.20. The van der Waals surface area contributed by atoms with Crippen molar-refractivity contribution in [2.24, 2.45) is 5.92 Å². The largest absolute Gasteiger partial charge is 0.393 e. The van der Waals surface area contributed by atoms with Gasteiger partial charge in [-0.1, -0.05) is 20.3 Å². The Kier molecular flexibility index (Phi) is 5.49. The molecule has 0 radical (unpaired) electrons. The fourth-order valence-electron chi connectivity index (χ4n) is 1.98. The van der Waals surface area contributed by atoms with Crippen molar-refractivity contribution >= 4 is 0 Å². The quantitative estimate of drug-likeness (QED) is 0.714. The van der Waals surface area contributed by atoms with Gasteiger partial charge in [0.1, 0.15) is 0 Å². The summed E-state index contributed by atoms with van der Waals surface area (Å²) in [7, 11) is 0. The monoisotopic (exact) mass is 200 g/mol. The predicted molar refractivity (Wildman–Crippen MR) is 58.3 cm³/mol. The van der Waals surface area contributed by atoms with E-state index in [0.717, 1.165) is 32.3 Å². The van der Waals surface area contributed by atoms with Crippen molar-refractivity contribution in [3.05, 3.63) is 0 Å². The normalized spacial score (nSPS) is 26.4. The molecule has 3 atom stereocenters. The molecule has 0 aromatic heterocycles. The van der Waals surface area contributed by atoms with Gasteiger partial charge in [0.05, 0.1) is 12.2 Å². The van der Waals surface area contributed by atoms with Crippen molar-refractivity contribution in [2.45, 2.75) is 64.6 Å². The van der Waals surface area contributed by atoms with Crippen molar-refractivity contribution in [3.8, 4) is 0 Å².